The Hall–Kier alpha value is -3.55. The Morgan fingerprint density at radius 3 is 2.50 bits per heavy atom. The van der Waals surface area contributed by atoms with E-state index in [0.717, 1.165) is 18.3 Å². The molecule has 1 aliphatic heterocycles. The largest absolute Gasteiger partial charge is 0.478 e. The number of nitrogens with zero attached hydrogens (tertiary/aromatic N) is 1. The predicted octanol–water partition coefficient (Wildman–Crippen LogP) is 2.57. The summed E-state index contributed by atoms with van der Waals surface area (Å²) in [5, 5.41) is 14.3. The van der Waals surface area contributed by atoms with Crippen LogP contribution in [0, 0.1) is 11.6 Å². The lowest BCUT2D eigenvalue weighted by Gasteiger charge is -2.32. The van der Waals surface area contributed by atoms with Crippen LogP contribution in [-0.4, -0.2) is 22.0 Å². The van der Waals surface area contributed by atoms with E-state index in [-0.39, 0.29) is 11.3 Å². The number of halogens is 2. The number of pyridine rings is 1. The van der Waals surface area contributed by atoms with Crippen molar-refractivity contribution in [1.29, 1.82) is 0 Å². The van der Waals surface area contributed by atoms with Gasteiger partial charge in [-0.25, -0.2) is 13.6 Å². The Kier molecular flexibility index (Phi) is 4.49. The number of amides is 1. The van der Waals surface area contributed by atoms with E-state index in [1.54, 1.807) is 6.08 Å². The Labute approximate surface area is 146 Å². The number of aromatic carboxylic acids is 1. The summed E-state index contributed by atoms with van der Waals surface area (Å²) < 4.78 is 28.7. The number of allylic oxidation sites excluding steroid dienone is 2. The van der Waals surface area contributed by atoms with Crippen molar-refractivity contribution in [1.82, 2.24) is 10.3 Å². The van der Waals surface area contributed by atoms with Gasteiger partial charge in [-0.3, -0.25) is 9.78 Å². The number of carbonyl (C=O) groups excluding carboxylic acids is 1. The summed E-state index contributed by atoms with van der Waals surface area (Å²) in [6, 6.07) is 4.46. The van der Waals surface area contributed by atoms with Crippen molar-refractivity contribution in [2.24, 2.45) is 0 Å². The Balaban J connectivity index is 2.08. The van der Waals surface area contributed by atoms with E-state index >= 15 is 0 Å². The van der Waals surface area contributed by atoms with Gasteiger partial charge in [0.25, 0.3) is 5.91 Å². The van der Waals surface area contributed by atoms with Crippen LogP contribution in [0.1, 0.15) is 15.9 Å². The van der Waals surface area contributed by atoms with Crippen molar-refractivity contribution in [2.45, 2.75) is 5.54 Å². The van der Waals surface area contributed by atoms with Gasteiger partial charge in [-0.15, -0.1) is 0 Å². The number of benzene rings is 1. The number of dihydropyridines is 1. The highest BCUT2D eigenvalue weighted by atomic mass is 19.1. The van der Waals surface area contributed by atoms with E-state index in [9.17, 15) is 23.5 Å². The molecule has 1 aromatic heterocycles. The van der Waals surface area contributed by atoms with Gasteiger partial charge in [0, 0.05) is 6.20 Å². The van der Waals surface area contributed by atoms with E-state index < -0.39 is 34.6 Å². The number of carbonyl (C=O) groups is 2. The van der Waals surface area contributed by atoms with Crippen LogP contribution in [0.2, 0.25) is 0 Å². The minimum atomic E-state index is -1.89. The van der Waals surface area contributed by atoms with Gasteiger partial charge in [-0.1, -0.05) is 12.1 Å². The van der Waals surface area contributed by atoms with Gasteiger partial charge in [-0.05, 0) is 36.6 Å². The summed E-state index contributed by atoms with van der Waals surface area (Å²) in [4.78, 5) is 28.0. The molecule has 1 aromatic carbocycles. The molecule has 3 rings (SSSR count). The van der Waals surface area contributed by atoms with Crippen LogP contribution in [0.25, 0.3) is 0 Å². The quantitative estimate of drug-likeness (QED) is 0.782. The molecule has 1 unspecified atom stereocenters. The molecular weight excluding hydrogens is 344 g/mol. The van der Waals surface area contributed by atoms with E-state index in [2.05, 4.69) is 15.6 Å². The van der Waals surface area contributed by atoms with Crippen molar-refractivity contribution >= 4 is 17.6 Å². The summed E-state index contributed by atoms with van der Waals surface area (Å²) in [7, 11) is 0. The molecule has 6 nitrogen and oxygen atoms in total. The molecule has 0 saturated carbocycles. The number of anilines is 1. The topological polar surface area (TPSA) is 91.3 Å². The fourth-order valence-electron chi connectivity index (χ4n) is 2.67. The van der Waals surface area contributed by atoms with Gasteiger partial charge in [0.15, 0.2) is 5.54 Å². The second kappa shape index (κ2) is 6.75. The molecule has 0 radical (unpaired) electrons. The molecule has 2 heterocycles. The van der Waals surface area contributed by atoms with Crippen LogP contribution in [0.3, 0.4) is 0 Å². The average molecular weight is 357 g/mol. The fourth-order valence-corrected chi connectivity index (χ4v) is 2.67. The lowest BCUT2D eigenvalue weighted by Crippen LogP contribution is -2.50. The van der Waals surface area contributed by atoms with Gasteiger partial charge in [0.1, 0.15) is 11.6 Å². The zero-order chi connectivity index (χ0) is 18.7. The van der Waals surface area contributed by atoms with Crippen molar-refractivity contribution in [3.63, 3.8) is 0 Å². The number of nitrogens with one attached hydrogen (secondary N) is 2. The Bertz CT molecular complexity index is 923. The molecule has 0 spiro atoms. The monoisotopic (exact) mass is 357 g/mol. The molecule has 0 saturated heterocycles. The van der Waals surface area contributed by atoms with Gasteiger partial charge in [0.05, 0.1) is 23.0 Å². The van der Waals surface area contributed by atoms with Gasteiger partial charge in [0.2, 0.25) is 0 Å². The maximum atomic E-state index is 14.4. The molecule has 8 heteroatoms. The number of aromatic nitrogens is 1. The minimum Gasteiger partial charge on any atom is -0.478 e. The van der Waals surface area contributed by atoms with E-state index in [1.807, 2.05) is 0 Å². The van der Waals surface area contributed by atoms with Crippen LogP contribution in [-0.2, 0) is 10.3 Å². The SMILES string of the molecule is O=C(O)c1ccncc1NC(=O)C1(c2c(F)cccc2F)C=CC=CN1. The molecule has 1 atom stereocenters. The van der Waals surface area contributed by atoms with Crippen LogP contribution in [0.5, 0.6) is 0 Å². The zero-order valence-corrected chi connectivity index (χ0v) is 13.2. The maximum absolute atomic E-state index is 14.4. The first-order valence-corrected chi connectivity index (χ1v) is 7.51. The smallest absolute Gasteiger partial charge is 0.337 e. The first kappa shape index (κ1) is 17.3. The van der Waals surface area contributed by atoms with Crippen molar-refractivity contribution in [3.05, 3.63) is 83.8 Å². The lowest BCUT2D eigenvalue weighted by molar-refractivity contribution is -0.120. The molecule has 2 aromatic rings. The molecule has 132 valence electrons. The van der Waals surface area contributed by atoms with Crippen LogP contribution < -0.4 is 10.6 Å². The number of hydrogen-bond acceptors (Lipinski definition) is 4. The highest BCUT2D eigenvalue weighted by Crippen LogP contribution is 2.31. The third kappa shape index (κ3) is 2.92. The number of rotatable bonds is 4. The first-order chi connectivity index (χ1) is 12.5. The summed E-state index contributed by atoms with van der Waals surface area (Å²) in [5.74, 6) is -3.98. The highest BCUT2D eigenvalue weighted by Gasteiger charge is 2.42. The second-order valence-corrected chi connectivity index (χ2v) is 5.45. The molecule has 0 bridgehead atoms. The van der Waals surface area contributed by atoms with E-state index in [4.69, 9.17) is 0 Å². The maximum Gasteiger partial charge on any atom is 0.337 e. The van der Waals surface area contributed by atoms with Gasteiger partial charge < -0.3 is 15.7 Å². The van der Waals surface area contributed by atoms with Crippen molar-refractivity contribution in [2.75, 3.05) is 5.32 Å². The average Bonchev–Trinajstić information content (AvgIpc) is 2.62. The number of carboxylic acid groups (broad SMARTS) is 1. The summed E-state index contributed by atoms with van der Waals surface area (Å²) in [6.07, 6.45) is 8.08. The van der Waals surface area contributed by atoms with E-state index in [1.165, 1.54) is 36.7 Å². The minimum absolute atomic E-state index is 0.0918. The number of hydrogen-bond donors (Lipinski definition) is 3. The third-order valence-corrected chi connectivity index (χ3v) is 3.88. The predicted molar refractivity (Wildman–Crippen MR) is 89.3 cm³/mol. The molecule has 1 amide bonds. The second-order valence-electron chi connectivity index (χ2n) is 5.45. The molecule has 0 aliphatic carbocycles. The van der Waals surface area contributed by atoms with Crippen LogP contribution in [0.15, 0.2) is 61.1 Å². The van der Waals surface area contributed by atoms with Crippen molar-refractivity contribution < 1.29 is 23.5 Å². The normalized spacial score (nSPS) is 18.2. The molecule has 3 N–H and O–H groups in total. The lowest BCUT2D eigenvalue weighted by atomic mass is 9.86. The molecule has 0 fully saturated rings. The number of carboxylic acids is 1. The fraction of sp³-hybridized carbons (Fsp3) is 0.0556. The Morgan fingerprint density at radius 1 is 1.15 bits per heavy atom. The highest BCUT2D eigenvalue weighted by molar-refractivity contribution is 6.05. The molecular formula is C18H13F2N3O3. The van der Waals surface area contributed by atoms with Crippen molar-refractivity contribution in [3.8, 4) is 0 Å². The van der Waals surface area contributed by atoms with Crippen LogP contribution >= 0.6 is 0 Å². The standard InChI is InChI=1S/C18H13F2N3O3/c19-12-4-3-5-13(20)15(12)18(7-1-2-8-22-18)17(26)23-14-10-21-9-6-11(14)16(24)25/h1-10,22H,(H,23,26)(H,24,25). The molecule has 1 aliphatic rings. The Morgan fingerprint density at radius 2 is 1.88 bits per heavy atom. The summed E-state index contributed by atoms with van der Waals surface area (Å²) in [5.41, 5.74) is -2.69. The summed E-state index contributed by atoms with van der Waals surface area (Å²) >= 11 is 0. The zero-order valence-electron chi connectivity index (χ0n) is 13.2. The third-order valence-electron chi connectivity index (χ3n) is 3.88. The first-order valence-electron chi connectivity index (χ1n) is 7.51. The summed E-state index contributed by atoms with van der Waals surface area (Å²) in [6.45, 7) is 0. The van der Waals surface area contributed by atoms with Gasteiger partial charge >= 0.3 is 5.97 Å². The van der Waals surface area contributed by atoms with Gasteiger partial charge in [-0.2, -0.15) is 0 Å². The van der Waals surface area contributed by atoms with E-state index in [0.29, 0.717) is 0 Å². The molecule has 26 heavy (non-hydrogen) atoms. The van der Waals surface area contributed by atoms with Crippen LogP contribution in [0.4, 0.5) is 14.5 Å².